The lowest BCUT2D eigenvalue weighted by molar-refractivity contribution is -0.153. The van der Waals surface area contributed by atoms with Crippen molar-refractivity contribution in [1.82, 2.24) is 31.2 Å². The van der Waals surface area contributed by atoms with Crippen LogP contribution in [0.15, 0.2) is 24.4 Å². The quantitative estimate of drug-likeness (QED) is 0.0641. The van der Waals surface area contributed by atoms with E-state index in [0.717, 1.165) is 0 Å². The number of nitrogens with one attached hydrogen (secondary N) is 4. The monoisotopic (exact) mass is 794 g/mol. The molecule has 3 atom stereocenters. The van der Waals surface area contributed by atoms with E-state index < -0.39 is 100 Å². The number of aliphatic carboxylic acids is 5. The molecule has 1 rings (SSSR count). The van der Waals surface area contributed by atoms with Gasteiger partial charge >= 0.3 is 35.9 Å². The number of amides is 4. The maximum atomic E-state index is 13.8. The predicted molar refractivity (Wildman–Crippen MR) is 200 cm³/mol. The van der Waals surface area contributed by atoms with Crippen molar-refractivity contribution in [1.29, 1.82) is 0 Å². The number of carbonyl (C=O) groups is 8. The number of nitrogens with zero attached hydrogens (tertiary/aromatic N) is 2. The van der Waals surface area contributed by atoms with Gasteiger partial charge < -0.3 is 46.8 Å². The van der Waals surface area contributed by atoms with Gasteiger partial charge in [-0.2, -0.15) is 0 Å². The number of carbonyl (C=O) groups excluding carboxylic acids is 3. The predicted octanol–water partition coefficient (Wildman–Crippen LogP) is 2.14. The van der Waals surface area contributed by atoms with Gasteiger partial charge in [0.05, 0.1) is 23.1 Å². The molecule has 9 N–H and O–H groups in total. The Morgan fingerprint density at radius 2 is 1.25 bits per heavy atom. The van der Waals surface area contributed by atoms with Crippen LogP contribution in [0.1, 0.15) is 99.6 Å². The van der Waals surface area contributed by atoms with Crippen LogP contribution in [0, 0.1) is 16.2 Å². The van der Waals surface area contributed by atoms with Crippen LogP contribution in [0.3, 0.4) is 0 Å². The second kappa shape index (κ2) is 20.5. The largest absolute Gasteiger partial charge is 0.481 e. The van der Waals surface area contributed by atoms with Gasteiger partial charge in [0, 0.05) is 31.2 Å². The maximum absolute atomic E-state index is 13.8. The van der Waals surface area contributed by atoms with Gasteiger partial charge in [0.2, 0.25) is 11.8 Å². The molecule has 0 aliphatic rings. The Hall–Kier alpha value is -5.33. The Bertz CT molecular complexity index is 1580. The summed E-state index contributed by atoms with van der Waals surface area (Å²) in [5.41, 5.74) is -4.25. The first kappa shape index (κ1) is 48.7. The first-order valence-electron chi connectivity index (χ1n) is 18.1. The normalized spacial score (nSPS) is 13.8. The number of carboxylic acid groups (broad SMARTS) is 5. The standard InChI is InChI=1S/C37H58N6O13/c1-34(2,21-35(3,4)43(20-26(46)47)19-22-13-9-11-17-38-22)27(30(52)53)42-32(55)37(7,8)36(5,6)31(54)39-18-12-10-14-23(28(48)49)40-33(56)41-24(29(50)51)15-16-25(44)45/h9,11,13,17,23-24,27H,10,12,14-16,18-21H2,1-8H3,(H,39,54)(H,42,55)(H,44,45)(H,46,47)(H,48,49)(H,50,51)(H,52,53)(H2,40,41,56). The highest BCUT2D eigenvalue weighted by molar-refractivity contribution is 5.94. The summed E-state index contributed by atoms with van der Waals surface area (Å²) in [6.45, 7) is 12.8. The first-order valence-corrected chi connectivity index (χ1v) is 18.1. The number of urea groups is 1. The molecule has 0 aliphatic heterocycles. The Morgan fingerprint density at radius 1 is 0.696 bits per heavy atom. The van der Waals surface area contributed by atoms with E-state index in [9.17, 15) is 58.8 Å². The average molecular weight is 795 g/mol. The molecule has 56 heavy (non-hydrogen) atoms. The second-order valence-electron chi connectivity index (χ2n) is 16.1. The van der Waals surface area contributed by atoms with Crippen molar-refractivity contribution in [2.45, 2.75) is 124 Å². The number of rotatable bonds is 25. The highest BCUT2D eigenvalue weighted by Gasteiger charge is 2.51. The van der Waals surface area contributed by atoms with Crippen LogP contribution in [0.25, 0.3) is 0 Å². The summed E-state index contributed by atoms with van der Waals surface area (Å²) in [6, 6.07) is -0.259. The van der Waals surface area contributed by atoms with Gasteiger partial charge in [-0.25, -0.2) is 19.2 Å². The van der Waals surface area contributed by atoms with Crippen LogP contribution in [-0.4, -0.2) is 120 Å². The first-order chi connectivity index (χ1) is 25.6. The van der Waals surface area contributed by atoms with Crippen LogP contribution in [0.2, 0.25) is 0 Å². The number of carboxylic acids is 5. The molecule has 1 aromatic rings. The second-order valence-corrected chi connectivity index (χ2v) is 16.1. The molecule has 0 fully saturated rings. The molecule has 0 radical (unpaired) electrons. The average Bonchev–Trinajstić information content (AvgIpc) is 3.06. The number of pyridine rings is 1. The van der Waals surface area contributed by atoms with Gasteiger partial charge in [0.15, 0.2) is 0 Å². The third-order valence-electron chi connectivity index (χ3n) is 10.2. The van der Waals surface area contributed by atoms with Crippen molar-refractivity contribution in [3.63, 3.8) is 0 Å². The van der Waals surface area contributed by atoms with Crippen LogP contribution < -0.4 is 21.3 Å². The molecule has 19 nitrogen and oxygen atoms in total. The molecule has 3 unspecified atom stereocenters. The molecule has 1 aromatic heterocycles. The summed E-state index contributed by atoms with van der Waals surface area (Å²) in [5.74, 6) is -7.82. The topological polar surface area (TPSA) is 302 Å². The third-order valence-corrected chi connectivity index (χ3v) is 10.2. The molecule has 0 bridgehead atoms. The lowest BCUT2D eigenvalue weighted by Gasteiger charge is -2.45. The van der Waals surface area contributed by atoms with E-state index in [-0.39, 0.29) is 45.3 Å². The van der Waals surface area contributed by atoms with Crippen molar-refractivity contribution in [3.8, 4) is 0 Å². The minimum atomic E-state index is -1.55. The van der Waals surface area contributed by atoms with Crippen molar-refractivity contribution >= 4 is 47.7 Å². The van der Waals surface area contributed by atoms with Crippen LogP contribution >= 0.6 is 0 Å². The lowest BCUT2D eigenvalue weighted by Crippen LogP contribution is -2.60. The molecule has 314 valence electrons. The Balaban J connectivity index is 2.93. The van der Waals surface area contributed by atoms with Crippen molar-refractivity contribution in [3.05, 3.63) is 30.1 Å². The SMILES string of the molecule is CC(C)(CC(C)(C)N(CC(=O)O)Cc1ccccn1)C(NC(=O)C(C)(C)C(C)(C)C(=O)NCCCCC(NC(=O)NC(CCC(=O)O)C(=O)O)C(=O)O)C(=O)O. The Labute approximate surface area is 326 Å². The van der Waals surface area contributed by atoms with E-state index in [2.05, 4.69) is 20.9 Å². The summed E-state index contributed by atoms with van der Waals surface area (Å²) >= 11 is 0. The molecule has 0 saturated heterocycles. The van der Waals surface area contributed by atoms with Crippen molar-refractivity contribution < 1.29 is 63.9 Å². The van der Waals surface area contributed by atoms with Crippen LogP contribution in [-0.2, 0) is 40.1 Å². The lowest BCUT2D eigenvalue weighted by atomic mass is 9.66. The zero-order valence-electron chi connectivity index (χ0n) is 33.3. The van der Waals surface area contributed by atoms with Gasteiger partial charge in [-0.05, 0) is 63.5 Å². The van der Waals surface area contributed by atoms with Crippen LogP contribution in [0.4, 0.5) is 4.79 Å². The highest BCUT2D eigenvalue weighted by atomic mass is 16.4. The van der Waals surface area contributed by atoms with Crippen molar-refractivity contribution in [2.75, 3.05) is 13.1 Å². The Kier molecular flexibility index (Phi) is 17.9. The molecule has 0 spiro atoms. The summed E-state index contributed by atoms with van der Waals surface area (Å²) < 4.78 is 0. The summed E-state index contributed by atoms with van der Waals surface area (Å²) in [4.78, 5) is 104. The number of unbranched alkanes of at least 4 members (excludes halogenated alkanes) is 1. The van der Waals surface area contributed by atoms with Gasteiger partial charge in [-0.15, -0.1) is 0 Å². The maximum Gasteiger partial charge on any atom is 0.326 e. The molecule has 0 aliphatic carbocycles. The number of hydrogen-bond donors (Lipinski definition) is 9. The van der Waals surface area contributed by atoms with Crippen molar-refractivity contribution in [2.24, 2.45) is 16.2 Å². The van der Waals surface area contributed by atoms with E-state index in [4.69, 9.17) is 5.11 Å². The van der Waals surface area contributed by atoms with Gasteiger partial charge in [-0.1, -0.05) is 47.6 Å². The van der Waals surface area contributed by atoms with Crippen LogP contribution in [0.5, 0.6) is 0 Å². The summed E-state index contributed by atoms with van der Waals surface area (Å²) in [6.07, 6.45) is 1.13. The van der Waals surface area contributed by atoms with E-state index in [1.807, 2.05) is 5.32 Å². The minimum absolute atomic E-state index is 0.0555. The van der Waals surface area contributed by atoms with E-state index in [0.29, 0.717) is 5.69 Å². The molecule has 4 amide bonds. The number of hydrogen-bond acceptors (Lipinski definition) is 10. The third kappa shape index (κ3) is 14.7. The molecule has 0 saturated carbocycles. The highest BCUT2D eigenvalue weighted by Crippen LogP contribution is 2.41. The molecule has 19 heteroatoms. The summed E-state index contributed by atoms with van der Waals surface area (Å²) in [7, 11) is 0. The number of aromatic nitrogens is 1. The van der Waals surface area contributed by atoms with Gasteiger partial charge in [0.25, 0.3) is 0 Å². The fraction of sp³-hybridized carbons (Fsp3) is 0.649. The zero-order valence-corrected chi connectivity index (χ0v) is 33.3. The van der Waals surface area contributed by atoms with E-state index in [1.165, 1.54) is 27.7 Å². The van der Waals surface area contributed by atoms with E-state index in [1.54, 1.807) is 57.0 Å². The fourth-order valence-corrected chi connectivity index (χ4v) is 6.17. The minimum Gasteiger partial charge on any atom is -0.481 e. The molecule has 1 heterocycles. The summed E-state index contributed by atoms with van der Waals surface area (Å²) in [5, 5.41) is 57.1. The zero-order chi connectivity index (χ0) is 43.2. The van der Waals surface area contributed by atoms with Gasteiger partial charge in [0.1, 0.15) is 18.1 Å². The Morgan fingerprint density at radius 3 is 1.73 bits per heavy atom. The molecule has 0 aromatic carbocycles. The van der Waals surface area contributed by atoms with Gasteiger partial charge in [-0.3, -0.25) is 29.1 Å². The molecular weight excluding hydrogens is 736 g/mol. The molecular formula is C37H58N6O13. The fourth-order valence-electron chi connectivity index (χ4n) is 6.17. The smallest absolute Gasteiger partial charge is 0.326 e. The van der Waals surface area contributed by atoms with E-state index >= 15 is 0 Å².